The van der Waals surface area contributed by atoms with Crippen LogP contribution in [0, 0.1) is 0 Å². The van der Waals surface area contributed by atoms with Gasteiger partial charge >= 0.3 is 0 Å². The Hall–Kier alpha value is -0.140. The average molecular weight is 200 g/mol. The monoisotopic (exact) mass is 200 g/mol. The molecule has 2 rings (SSSR count). The first kappa shape index (κ1) is 9.42. The molecule has 2 heterocycles. The summed E-state index contributed by atoms with van der Waals surface area (Å²) in [5, 5.41) is 0. The van der Waals surface area contributed by atoms with Crippen molar-refractivity contribution in [3.63, 3.8) is 0 Å². The van der Waals surface area contributed by atoms with Crippen molar-refractivity contribution in [1.29, 1.82) is 0 Å². The van der Waals surface area contributed by atoms with Crippen molar-refractivity contribution in [2.24, 2.45) is 0 Å². The smallest absolute Gasteiger partial charge is 0.222 e. The van der Waals surface area contributed by atoms with E-state index in [0.717, 1.165) is 45.3 Å². The molecule has 2 aliphatic rings. The highest BCUT2D eigenvalue weighted by molar-refractivity contribution is 7.13. The quantitative estimate of drug-likeness (QED) is 0.586. The summed E-state index contributed by atoms with van der Waals surface area (Å²) in [6.07, 6.45) is 4.14. The van der Waals surface area contributed by atoms with Crippen LogP contribution >= 0.6 is 9.39 Å². The van der Waals surface area contributed by atoms with Gasteiger partial charge in [0.15, 0.2) is 0 Å². The SMILES string of the molecule is O=C1CCCN1C1CCN(P)CC1. The lowest BCUT2D eigenvalue weighted by Crippen LogP contribution is -2.42. The molecule has 3 nitrogen and oxygen atoms in total. The maximum Gasteiger partial charge on any atom is 0.222 e. The lowest BCUT2D eigenvalue weighted by atomic mass is 10.1. The number of rotatable bonds is 1. The van der Waals surface area contributed by atoms with Gasteiger partial charge in [-0.2, -0.15) is 0 Å². The van der Waals surface area contributed by atoms with E-state index >= 15 is 0 Å². The maximum absolute atomic E-state index is 11.5. The molecule has 1 unspecified atom stereocenters. The summed E-state index contributed by atoms with van der Waals surface area (Å²) >= 11 is 0. The lowest BCUT2D eigenvalue weighted by Gasteiger charge is -2.34. The number of piperidine rings is 1. The Kier molecular flexibility index (Phi) is 2.85. The number of hydrogen-bond donors (Lipinski definition) is 0. The zero-order valence-corrected chi connectivity index (χ0v) is 9.06. The van der Waals surface area contributed by atoms with Crippen LogP contribution in [0.4, 0.5) is 0 Å². The van der Waals surface area contributed by atoms with E-state index in [1.54, 1.807) is 0 Å². The molecule has 1 atom stereocenters. The Morgan fingerprint density at radius 2 is 1.92 bits per heavy atom. The average Bonchev–Trinajstić information content (AvgIpc) is 2.53. The summed E-state index contributed by atoms with van der Waals surface area (Å²) < 4.78 is 2.26. The Labute approximate surface area is 81.7 Å². The molecule has 0 radical (unpaired) electrons. The Bertz CT molecular complexity index is 202. The second-order valence-corrected chi connectivity index (χ2v) is 4.69. The summed E-state index contributed by atoms with van der Waals surface area (Å²) in [7, 11) is 2.74. The van der Waals surface area contributed by atoms with Crippen molar-refractivity contribution in [2.45, 2.75) is 31.7 Å². The van der Waals surface area contributed by atoms with Gasteiger partial charge in [-0.15, -0.1) is 0 Å². The summed E-state index contributed by atoms with van der Waals surface area (Å²) in [5.74, 6) is 0.377. The minimum atomic E-state index is 0.377. The molecule has 0 aliphatic carbocycles. The van der Waals surface area contributed by atoms with Crippen molar-refractivity contribution in [3.05, 3.63) is 0 Å². The first-order valence-electron chi connectivity index (χ1n) is 5.06. The predicted octanol–water partition coefficient (Wildman–Crippen LogP) is 0.863. The van der Waals surface area contributed by atoms with Crippen LogP contribution in [0.3, 0.4) is 0 Å². The highest BCUT2D eigenvalue weighted by atomic mass is 31.0. The predicted molar refractivity (Wildman–Crippen MR) is 55.3 cm³/mol. The fourth-order valence-corrected chi connectivity index (χ4v) is 2.55. The molecule has 4 heteroatoms. The largest absolute Gasteiger partial charge is 0.340 e. The van der Waals surface area contributed by atoms with Crippen molar-refractivity contribution in [2.75, 3.05) is 19.6 Å². The fourth-order valence-electron chi connectivity index (χ4n) is 2.25. The number of carbonyl (C=O) groups excluding carboxylic acids is 1. The van der Waals surface area contributed by atoms with Gasteiger partial charge in [0.05, 0.1) is 0 Å². The standard InChI is InChI=1S/C9H17N2OP/c12-9-2-1-5-11(9)8-3-6-10(13)7-4-8/h8H,1-7,13H2. The van der Waals surface area contributed by atoms with Gasteiger partial charge in [0.25, 0.3) is 0 Å². The molecule has 74 valence electrons. The minimum absolute atomic E-state index is 0.377. The first-order valence-corrected chi connectivity index (χ1v) is 5.58. The normalized spacial score (nSPS) is 27.2. The molecule has 2 saturated heterocycles. The molecule has 0 aromatic carbocycles. The lowest BCUT2D eigenvalue weighted by molar-refractivity contribution is -0.130. The van der Waals surface area contributed by atoms with Crippen molar-refractivity contribution >= 4 is 15.3 Å². The highest BCUT2D eigenvalue weighted by Gasteiger charge is 2.29. The van der Waals surface area contributed by atoms with Crippen LogP contribution in [0.5, 0.6) is 0 Å². The van der Waals surface area contributed by atoms with E-state index in [4.69, 9.17) is 0 Å². The molecular formula is C9H17N2OP. The highest BCUT2D eigenvalue weighted by Crippen LogP contribution is 2.22. The van der Waals surface area contributed by atoms with Crippen LogP contribution in [0.2, 0.25) is 0 Å². The third kappa shape index (κ3) is 2.03. The zero-order chi connectivity index (χ0) is 9.26. The third-order valence-electron chi connectivity index (χ3n) is 3.05. The zero-order valence-electron chi connectivity index (χ0n) is 7.91. The number of carbonyl (C=O) groups is 1. The second kappa shape index (κ2) is 3.93. The van der Waals surface area contributed by atoms with Crippen LogP contribution in [0.25, 0.3) is 0 Å². The Morgan fingerprint density at radius 3 is 2.46 bits per heavy atom. The van der Waals surface area contributed by atoms with Crippen LogP contribution in [-0.4, -0.2) is 41.2 Å². The van der Waals surface area contributed by atoms with E-state index in [-0.39, 0.29) is 0 Å². The third-order valence-corrected chi connectivity index (χ3v) is 3.57. The molecule has 1 amide bonds. The Morgan fingerprint density at radius 1 is 1.23 bits per heavy atom. The minimum Gasteiger partial charge on any atom is -0.340 e. The van der Waals surface area contributed by atoms with Gasteiger partial charge in [-0.05, 0) is 19.3 Å². The number of likely N-dealkylation sites (tertiary alicyclic amines) is 1. The molecule has 0 spiro atoms. The molecule has 0 aromatic rings. The summed E-state index contributed by atoms with van der Waals surface area (Å²) in [4.78, 5) is 13.6. The Balaban J connectivity index is 1.90. The fraction of sp³-hybridized carbons (Fsp3) is 0.889. The summed E-state index contributed by atoms with van der Waals surface area (Å²) in [6.45, 7) is 3.22. The van der Waals surface area contributed by atoms with Gasteiger partial charge in [-0.25, -0.2) is 0 Å². The molecular weight excluding hydrogens is 183 g/mol. The molecule has 0 N–H and O–H groups in total. The van der Waals surface area contributed by atoms with Gasteiger partial charge in [0, 0.05) is 32.1 Å². The van der Waals surface area contributed by atoms with Crippen molar-refractivity contribution in [1.82, 2.24) is 9.57 Å². The first-order chi connectivity index (χ1) is 6.27. The number of hydrogen-bond acceptors (Lipinski definition) is 2. The van der Waals surface area contributed by atoms with E-state index in [0.29, 0.717) is 11.9 Å². The second-order valence-electron chi connectivity index (χ2n) is 3.96. The summed E-state index contributed by atoms with van der Waals surface area (Å²) in [5.41, 5.74) is 0. The molecule has 0 saturated carbocycles. The van der Waals surface area contributed by atoms with Crippen LogP contribution in [-0.2, 0) is 4.79 Å². The van der Waals surface area contributed by atoms with Crippen LogP contribution in [0.1, 0.15) is 25.7 Å². The summed E-state index contributed by atoms with van der Waals surface area (Å²) in [6, 6.07) is 0.534. The van der Waals surface area contributed by atoms with E-state index in [1.807, 2.05) is 0 Å². The van der Waals surface area contributed by atoms with Crippen molar-refractivity contribution in [3.8, 4) is 0 Å². The maximum atomic E-state index is 11.5. The number of amides is 1. The molecule has 0 aromatic heterocycles. The van der Waals surface area contributed by atoms with E-state index in [2.05, 4.69) is 19.0 Å². The molecule has 13 heavy (non-hydrogen) atoms. The molecule has 2 fully saturated rings. The van der Waals surface area contributed by atoms with Gasteiger partial charge in [0.1, 0.15) is 0 Å². The van der Waals surface area contributed by atoms with Gasteiger partial charge < -0.3 is 4.90 Å². The van der Waals surface area contributed by atoms with Crippen molar-refractivity contribution < 1.29 is 4.79 Å². The van der Waals surface area contributed by atoms with E-state index in [9.17, 15) is 4.79 Å². The molecule has 2 aliphatic heterocycles. The van der Waals surface area contributed by atoms with E-state index in [1.165, 1.54) is 0 Å². The number of nitrogens with zero attached hydrogens (tertiary/aromatic N) is 2. The molecule has 0 bridgehead atoms. The van der Waals surface area contributed by atoms with Crippen LogP contribution in [0.15, 0.2) is 0 Å². The topological polar surface area (TPSA) is 23.6 Å². The van der Waals surface area contributed by atoms with Gasteiger partial charge in [0.2, 0.25) is 5.91 Å². The van der Waals surface area contributed by atoms with E-state index < -0.39 is 0 Å². The van der Waals surface area contributed by atoms with Gasteiger partial charge in [-0.1, -0.05) is 9.39 Å². The van der Waals surface area contributed by atoms with Crippen LogP contribution < -0.4 is 0 Å². The van der Waals surface area contributed by atoms with Gasteiger partial charge in [-0.3, -0.25) is 9.46 Å².